The van der Waals surface area contributed by atoms with Gasteiger partial charge in [0.1, 0.15) is 17.5 Å². The number of esters is 1. The second kappa shape index (κ2) is 9.80. The summed E-state index contributed by atoms with van der Waals surface area (Å²) in [4.78, 5) is 26.2. The minimum atomic E-state index is -0.696. The lowest BCUT2D eigenvalue weighted by Gasteiger charge is -2.14. The van der Waals surface area contributed by atoms with Crippen LogP contribution in [-0.4, -0.2) is 33.8 Å². The third kappa shape index (κ3) is 4.86. The van der Waals surface area contributed by atoms with Crippen molar-refractivity contribution in [1.29, 1.82) is 0 Å². The van der Waals surface area contributed by atoms with E-state index < -0.39 is 12.0 Å². The molecule has 0 aliphatic carbocycles. The van der Waals surface area contributed by atoms with Gasteiger partial charge in [-0.3, -0.25) is 14.5 Å². The lowest BCUT2D eigenvalue weighted by Crippen LogP contribution is -2.22. The Balaban J connectivity index is 1.44. The number of benzene rings is 2. The molecule has 1 amide bonds. The number of aromatic amines is 1. The van der Waals surface area contributed by atoms with Gasteiger partial charge in [-0.15, -0.1) is 11.3 Å². The van der Waals surface area contributed by atoms with Crippen LogP contribution in [0.3, 0.4) is 0 Å². The molecule has 1 unspecified atom stereocenters. The highest BCUT2D eigenvalue weighted by atomic mass is 32.1. The average molecular weight is 481 g/mol. The van der Waals surface area contributed by atoms with E-state index >= 15 is 0 Å². The van der Waals surface area contributed by atoms with Crippen LogP contribution in [0, 0.1) is 4.77 Å². The minimum Gasteiger partial charge on any atom is -0.496 e. The number of aromatic nitrogens is 3. The van der Waals surface area contributed by atoms with E-state index in [1.807, 2.05) is 17.5 Å². The highest BCUT2D eigenvalue weighted by molar-refractivity contribution is 7.71. The normalized spacial score (nSPS) is 11.6. The molecule has 4 aromatic rings. The van der Waals surface area contributed by atoms with Crippen LogP contribution in [0.1, 0.15) is 23.3 Å². The van der Waals surface area contributed by atoms with Gasteiger partial charge >= 0.3 is 5.97 Å². The van der Waals surface area contributed by atoms with Crippen LogP contribution in [-0.2, 0) is 4.79 Å². The second-order valence-corrected chi connectivity index (χ2v) is 8.31. The van der Waals surface area contributed by atoms with Crippen LogP contribution in [0.25, 0.3) is 10.7 Å². The summed E-state index contributed by atoms with van der Waals surface area (Å²) >= 11 is 6.81. The summed E-state index contributed by atoms with van der Waals surface area (Å²) in [6.07, 6.45) is 0. The Kier molecular flexibility index (Phi) is 6.66. The zero-order chi connectivity index (χ0) is 23.4. The number of hydrogen-bond donors (Lipinski definition) is 2. The fraction of sp³-hybridized carbons (Fsp3) is 0.130. The Morgan fingerprint density at radius 2 is 1.88 bits per heavy atom. The van der Waals surface area contributed by atoms with E-state index in [0.29, 0.717) is 33.3 Å². The number of carbonyl (C=O) groups excluding carboxylic acids is 2. The molecule has 2 N–H and O–H groups in total. The predicted molar refractivity (Wildman–Crippen MR) is 128 cm³/mol. The molecule has 1 atom stereocenters. The maximum atomic E-state index is 12.8. The molecular formula is C23H20N4O4S2. The molecule has 0 saturated heterocycles. The number of thiophene rings is 1. The summed E-state index contributed by atoms with van der Waals surface area (Å²) in [6, 6.07) is 16.6. The Labute approximate surface area is 198 Å². The van der Waals surface area contributed by atoms with E-state index in [1.165, 1.54) is 18.4 Å². The first-order chi connectivity index (χ1) is 16.0. The van der Waals surface area contributed by atoms with E-state index in [1.54, 1.807) is 60.0 Å². The maximum absolute atomic E-state index is 12.8. The summed E-state index contributed by atoms with van der Waals surface area (Å²) in [5, 5.41) is 11.7. The van der Waals surface area contributed by atoms with E-state index in [0.717, 1.165) is 4.88 Å². The molecule has 0 aliphatic heterocycles. The van der Waals surface area contributed by atoms with Crippen molar-refractivity contribution in [1.82, 2.24) is 14.8 Å². The van der Waals surface area contributed by atoms with Crippen LogP contribution in [0.2, 0.25) is 0 Å². The van der Waals surface area contributed by atoms with Crippen LogP contribution in [0.4, 0.5) is 5.69 Å². The van der Waals surface area contributed by atoms with Crippen molar-refractivity contribution in [3.05, 3.63) is 76.4 Å². The lowest BCUT2D eigenvalue weighted by molar-refractivity contribution is -0.137. The van der Waals surface area contributed by atoms with Gasteiger partial charge < -0.3 is 14.8 Å². The van der Waals surface area contributed by atoms with Gasteiger partial charge in [0.2, 0.25) is 0 Å². The number of para-hydroxylation sites is 1. The predicted octanol–water partition coefficient (Wildman–Crippen LogP) is 5.10. The van der Waals surface area contributed by atoms with E-state index in [9.17, 15) is 9.59 Å². The highest BCUT2D eigenvalue weighted by Crippen LogP contribution is 2.27. The Morgan fingerprint density at radius 3 is 2.58 bits per heavy atom. The van der Waals surface area contributed by atoms with Crippen molar-refractivity contribution in [2.45, 2.75) is 13.0 Å². The third-order valence-electron chi connectivity index (χ3n) is 4.86. The largest absolute Gasteiger partial charge is 0.496 e. The number of amides is 1. The van der Waals surface area contributed by atoms with Crippen molar-refractivity contribution < 1.29 is 19.1 Å². The quantitative estimate of drug-likeness (QED) is 0.217. The molecule has 0 spiro atoms. The Bertz CT molecular complexity index is 1330. The van der Waals surface area contributed by atoms with Gasteiger partial charge in [-0.25, -0.2) is 4.79 Å². The van der Waals surface area contributed by atoms with Gasteiger partial charge in [0.05, 0.1) is 17.6 Å². The summed E-state index contributed by atoms with van der Waals surface area (Å²) in [6.45, 7) is 1.70. The summed E-state index contributed by atoms with van der Waals surface area (Å²) in [7, 11) is 1.51. The first kappa shape index (κ1) is 22.4. The average Bonchev–Trinajstić information content (AvgIpc) is 3.49. The van der Waals surface area contributed by atoms with E-state index in [2.05, 4.69) is 15.5 Å². The molecule has 0 aliphatic rings. The molecule has 4 rings (SSSR count). The molecule has 0 fully saturated rings. The molecule has 2 aromatic heterocycles. The number of methoxy groups -OCH3 is 1. The zero-order valence-corrected chi connectivity index (χ0v) is 19.4. The standard InChI is InChI=1S/C23H20N4O4S2/c1-14(27-20(25-26-23(27)32)19-8-5-13-33-19)22(29)31-16-11-9-15(10-12-16)24-21(28)17-6-3-4-7-18(17)30-2/h3-14H,1-2H3,(H,24,28)(H,26,32). The first-order valence-electron chi connectivity index (χ1n) is 9.95. The number of rotatable bonds is 7. The fourth-order valence-electron chi connectivity index (χ4n) is 3.19. The minimum absolute atomic E-state index is 0.304. The third-order valence-corrected chi connectivity index (χ3v) is 6.01. The van der Waals surface area contributed by atoms with Gasteiger partial charge in [0, 0.05) is 5.69 Å². The Hall–Kier alpha value is -3.76. The second-order valence-electron chi connectivity index (χ2n) is 6.98. The summed E-state index contributed by atoms with van der Waals surface area (Å²) in [5.41, 5.74) is 0.971. The van der Waals surface area contributed by atoms with Gasteiger partial charge in [0.25, 0.3) is 5.91 Å². The molecule has 168 valence electrons. The number of carbonyl (C=O) groups is 2. The summed E-state index contributed by atoms with van der Waals surface area (Å²) in [5.74, 6) is 0.607. The zero-order valence-electron chi connectivity index (χ0n) is 17.8. The molecular weight excluding hydrogens is 460 g/mol. The lowest BCUT2D eigenvalue weighted by atomic mass is 10.2. The highest BCUT2D eigenvalue weighted by Gasteiger charge is 2.23. The molecule has 10 heteroatoms. The van der Waals surface area contributed by atoms with Gasteiger partial charge in [-0.2, -0.15) is 5.10 Å². The maximum Gasteiger partial charge on any atom is 0.334 e. The fourth-order valence-corrected chi connectivity index (χ4v) is 4.19. The topological polar surface area (TPSA) is 98.2 Å². The molecule has 2 aromatic carbocycles. The molecule has 2 heterocycles. The molecule has 0 saturated carbocycles. The van der Waals surface area contributed by atoms with Crippen molar-refractivity contribution >= 4 is 41.1 Å². The monoisotopic (exact) mass is 480 g/mol. The van der Waals surface area contributed by atoms with Gasteiger partial charge in [-0.1, -0.05) is 18.2 Å². The van der Waals surface area contributed by atoms with Gasteiger partial charge in [0.15, 0.2) is 10.6 Å². The van der Waals surface area contributed by atoms with Crippen LogP contribution >= 0.6 is 23.6 Å². The molecule has 0 bridgehead atoms. The molecule has 33 heavy (non-hydrogen) atoms. The van der Waals surface area contributed by atoms with Crippen molar-refractivity contribution in [3.8, 4) is 22.2 Å². The number of H-pyrrole nitrogens is 1. The SMILES string of the molecule is COc1ccccc1C(=O)Nc1ccc(OC(=O)C(C)n2c(-c3cccs3)n[nH]c2=S)cc1. The number of nitrogens with one attached hydrogen (secondary N) is 2. The van der Waals surface area contributed by atoms with E-state index in [4.69, 9.17) is 21.7 Å². The summed E-state index contributed by atoms with van der Waals surface area (Å²) < 4.78 is 12.7. The number of nitrogens with zero attached hydrogens (tertiary/aromatic N) is 2. The number of ether oxygens (including phenoxy) is 2. The van der Waals surface area contributed by atoms with Crippen molar-refractivity contribution in [3.63, 3.8) is 0 Å². The molecule has 0 radical (unpaired) electrons. The number of hydrogen-bond acceptors (Lipinski definition) is 7. The van der Waals surface area contributed by atoms with Crippen LogP contribution in [0.15, 0.2) is 66.0 Å². The Morgan fingerprint density at radius 1 is 1.12 bits per heavy atom. The van der Waals surface area contributed by atoms with Crippen molar-refractivity contribution in [2.75, 3.05) is 12.4 Å². The number of anilines is 1. The van der Waals surface area contributed by atoms with Gasteiger partial charge in [-0.05, 0) is 67.0 Å². The first-order valence-corrected chi connectivity index (χ1v) is 11.2. The van der Waals surface area contributed by atoms with Crippen LogP contribution < -0.4 is 14.8 Å². The molecule has 8 nitrogen and oxygen atoms in total. The smallest absolute Gasteiger partial charge is 0.334 e. The van der Waals surface area contributed by atoms with Crippen LogP contribution in [0.5, 0.6) is 11.5 Å². The van der Waals surface area contributed by atoms with E-state index in [-0.39, 0.29) is 5.91 Å². The van der Waals surface area contributed by atoms with Crippen molar-refractivity contribution in [2.24, 2.45) is 0 Å².